The number of anilines is 1. The van der Waals surface area contributed by atoms with Gasteiger partial charge >= 0.3 is 5.63 Å². The number of methoxy groups -OCH3 is 1. The molecule has 0 saturated carbocycles. The molecular weight excluding hydrogens is 380 g/mol. The summed E-state index contributed by atoms with van der Waals surface area (Å²) in [5.74, 6) is 0.0362. The average molecular weight is 398 g/mol. The minimum atomic E-state index is -0.967. The zero-order chi connectivity index (χ0) is 21.1. The standard InChI is InChI=1S/C20H18N2O7/c1-11-8-19(23)29-18-10-14(4-6-15(11)18)28-12(2)20(24)21-16-7-5-13(27-3)9-17(16)22(25)26/h4-10,12H,1-3H3,(H,21,24)/t12-/m1/s1. The van der Waals surface area contributed by atoms with E-state index >= 15 is 0 Å². The number of hydrogen-bond donors (Lipinski definition) is 1. The number of ether oxygens (including phenoxy) is 2. The molecule has 1 N–H and O–H groups in total. The van der Waals surface area contributed by atoms with Crippen molar-refractivity contribution in [2.75, 3.05) is 12.4 Å². The fourth-order valence-corrected chi connectivity index (χ4v) is 2.77. The number of nitro groups is 1. The lowest BCUT2D eigenvalue weighted by atomic mass is 10.1. The zero-order valence-electron chi connectivity index (χ0n) is 15.9. The van der Waals surface area contributed by atoms with Gasteiger partial charge in [-0.05, 0) is 43.7 Å². The van der Waals surface area contributed by atoms with E-state index in [0.717, 1.165) is 10.9 Å². The highest BCUT2D eigenvalue weighted by Gasteiger charge is 2.21. The Morgan fingerprint density at radius 3 is 2.59 bits per heavy atom. The van der Waals surface area contributed by atoms with Crippen LogP contribution < -0.4 is 20.4 Å². The highest BCUT2D eigenvalue weighted by Crippen LogP contribution is 2.29. The monoisotopic (exact) mass is 398 g/mol. The molecule has 0 bridgehead atoms. The summed E-state index contributed by atoms with van der Waals surface area (Å²) < 4.78 is 15.7. The third-order valence-corrected chi connectivity index (χ3v) is 4.26. The van der Waals surface area contributed by atoms with Gasteiger partial charge in [0.15, 0.2) is 6.10 Å². The number of benzene rings is 2. The predicted octanol–water partition coefficient (Wildman–Crippen LogP) is 3.42. The van der Waals surface area contributed by atoms with Gasteiger partial charge in [-0.2, -0.15) is 0 Å². The van der Waals surface area contributed by atoms with Gasteiger partial charge in [0.25, 0.3) is 11.6 Å². The summed E-state index contributed by atoms with van der Waals surface area (Å²) >= 11 is 0. The quantitative estimate of drug-likeness (QED) is 0.383. The fraction of sp³-hybridized carbons (Fsp3) is 0.200. The lowest BCUT2D eigenvalue weighted by Crippen LogP contribution is -2.30. The Balaban J connectivity index is 1.78. The molecule has 0 spiro atoms. The number of fused-ring (bicyclic) bond motifs is 1. The zero-order valence-corrected chi connectivity index (χ0v) is 15.9. The molecule has 0 radical (unpaired) electrons. The van der Waals surface area contributed by atoms with Crippen molar-refractivity contribution in [3.63, 3.8) is 0 Å². The number of aryl methyl sites for hydroxylation is 1. The molecule has 29 heavy (non-hydrogen) atoms. The van der Waals surface area contributed by atoms with Crippen LogP contribution >= 0.6 is 0 Å². The van der Waals surface area contributed by atoms with Crippen LogP contribution in [-0.4, -0.2) is 24.0 Å². The van der Waals surface area contributed by atoms with Gasteiger partial charge in [0.1, 0.15) is 22.8 Å². The first-order valence-electron chi connectivity index (χ1n) is 8.63. The Kier molecular flexibility index (Phi) is 5.49. The lowest BCUT2D eigenvalue weighted by molar-refractivity contribution is -0.384. The molecule has 0 unspecified atom stereocenters. The molecule has 2 aromatic carbocycles. The molecule has 0 saturated heterocycles. The SMILES string of the molecule is COc1ccc(NC(=O)[C@@H](C)Oc2ccc3c(C)cc(=O)oc3c2)c([N+](=O)[O-])c1. The van der Waals surface area contributed by atoms with Crippen LogP contribution in [0, 0.1) is 17.0 Å². The second kappa shape index (κ2) is 8.01. The Morgan fingerprint density at radius 1 is 1.17 bits per heavy atom. The highest BCUT2D eigenvalue weighted by molar-refractivity contribution is 5.96. The van der Waals surface area contributed by atoms with E-state index < -0.39 is 22.6 Å². The summed E-state index contributed by atoms with van der Waals surface area (Å²) in [6.45, 7) is 3.29. The first kappa shape index (κ1) is 19.9. The van der Waals surface area contributed by atoms with Crippen molar-refractivity contribution in [2.45, 2.75) is 20.0 Å². The number of carbonyl (C=O) groups excluding carboxylic acids is 1. The number of amides is 1. The molecule has 1 atom stereocenters. The van der Waals surface area contributed by atoms with Crippen LogP contribution in [0.2, 0.25) is 0 Å². The first-order chi connectivity index (χ1) is 13.8. The van der Waals surface area contributed by atoms with Crippen molar-refractivity contribution in [3.05, 3.63) is 68.6 Å². The van der Waals surface area contributed by atoms with E-state index in [4.69, 9.17) is 13.9 Å². The van der Waals surface area contributed by atoms with Gasteiger partial charge in [0.2, 0.25) is 0 Å². The minimum Gasteiger partial charge on any atom is -0.496 e. The number of nitrogens with one attached hydrogen (secondary N) is 1. The van der Waals surface area contributed by atoms with Crippen LogP contribution in [0.5, 0.6) is 11.5 Å². The third kappa shape index (κ3) is 4.34. The Morgan fingerprint density at radius 2 is 1.90 bits per heavy atom. The van der Waals surface area contributed by atoms with E-state index in [9.17, 15) is 19.7 Å². The van der Waals surface area contributed by atoms with E-state index in [-0.39, 0.29) is 11.4 Å². The maximum Gasteiger partial charge on any atom is 0.336 e. The van der Waals surface area contributed by atoms with Crippen molar-refractivity contribution in [2.24, 2.45) is 0 Å². The van der Waals surface area contributed by atoms with Crippen LogP contribution in [0.1, 0.15) is 12.5 Å². The van der Waals surface area contributed by atoms with Crippen molar-refractivity contribution in [1.82, 2.24) is 0 Å². The van der Waals surface area contributed by atoms with E-state index in [1.807, 2.05) is 0 Å². The minimum absolute atomic E-state index is 0.0244. The van der Waals surface area contributed by atoms with Crippen LogP contribution in [0.4, 0.5) is 11.4 Å². The average Bonchev–Trinajstić information content (AvgIpc) is 2.67. The second-order valence-corrected chi connectivity index (χ2v) is 6.30. The maximum absolute atomic E-state index is 12.5. The van der Waals surface area contributed by atoms with Crippen LogP contribution in [-0.2, 0) is 4.79 Å². The molecule has 0 fully saturated rings. The third-order valence-electron chi connectivity index (χ3n) is 4.26. The molecule has 1 amide bonds. The number of nitro benzene ring substituents is 1. The van der Waals surface area contributed by atoms with Gasteiger partial charge in [-0.15, -0.1) is 0 Å². The van der Waals surface area contributed by atoms with Crippen molar-refractivity contribution in [3.8, 4) is 11.5 Å². The van der Waals surface area contributed by atoms with Gasteiger partial charge in [0, 0.05) is 17.5 Å². The lowest BCUT2D eigenvalue weighted by Gasteiger charge is -2.15. The highest BCUT2D eigenvalue weighted by atomic mass is 16.6. The summed E-state index contributed by atoms with van der Waals surface area (Å²) in [5.41, 5.74) is 0.348. The molecule has 150 valence electrons. The van der Waals surface area contributed by atoms with E-state index in [2.05, 4.69) is 5.32 Å². The van der Waals surface area contributed by atoms with Gasteiger partial charge < -0.3 is 19.2 Å². The van der Waals surface area contributed by atoms with E-state index in [0.29, 0.717) is 17.1 Å². The molecule has 0 aliphatic heterocycles. The van der Waals surface area contributed by atoms with Gasteiger partial charge in [0.05, 0.1) is 18.1 Å². The number of nitrogens with zero attached hydrogens (tertiary/aromatic N) is 1. The first-order valence-corrected chi connectivity index (χ1v) is 8.63. The summed E-state index contributed by atoms with van der Waals surface area (Å²) in [5, 5.41) is 14.5. The van der Waals surface area contributed by atoms with Gasteiger partial charge in [-0.1, -0.05) is 0 Å². The predicted molar refractivity (Wildman–Crippen MR) is 106 cm³/mol. The van der Waals surface area contributed by atoms with Gasteiger partial charge in [-0.3, -0.25) is 14.9 Å². The normalized spacial score (nSPS) is 11.7. The van der Waals surface area contributed by atoms with Crippen LogP contribution in [0.15, 0.2) is 51.7 Å². The summed E-state index contributed by atoms with van der Waals surface area (Å²) in [6, 6.07) is 10.4. The molecule has 9 nitrogen and oxygen atoms in total. The molecule has 3 aromatic rings. The largest absolute Gasteiger partial charge is 0.496 e. The maximum atomic E-state index is 12.5. The Labute approximate surface area is 165 Å². The number of hydrogen-bond acceptors (Lipinski definition) is 7. The molecule has 0 aliphatic rings. The van der Waals surface area contributed by atoms with Crippen molar-refractivity contribution >= 4 is 28.3 Å². The second-order valence-electron chi connectivity index (χ2n) is 6.30. The topological polar surface area (TPSA) is 121 Å². The molecule has 9 heteroatoms. The molecule has 0 aliphatic carbocycles. The Hall–Kier alpha value is -3.88. The molecular formula is C20H18N2O7. The Bertz CT molecular complexity index is 1150. The van der Waals surface area contributed by atoms with Crippen molar-refractivity contribution in [1.29, 1.82) is 0 Å². The molecule has 1 aromatic heterocycles. The molecule has 3 rings (SSSR count). The van der Waals surface area contributed by atoms with Crippen LogP contribution in [0.25, 0.3) is 11.0 Å². The number of rotatable bonds is 6. The summed E-state index contributed by atoms with van der Waals surface area (Å²) in [6.07, 6.45) is -0.967. The van der Waals surface area contributed by atoms with Gasteiger partial charge in [-0.25, -0.2) is 4.79 Å². The van der Waals surface area contributed by atoms with Crippen LogP contribution in [0.3, 0.4) is 0 Å². The number of carbonyl (C=O) groups is 1. The fourth-order valence-electron chi connectivity index (χ4n) is 2.77. The van der Waals surface area contributed by atoms with E-state index in [1.165, 1.54) is 44.4 Å². The smallest absolute Gasteiger partial charge is 0.336 e. The summed E-state index contributed by atoms with van der Waals surface area (Å²) in [4.78, 5) is 34.6. The van der Waals surface area contributed by atoms with E-state index in [1.54, 1.807) is 19.1 Å². The van der Waals surface area contributed by atoms with Crippen molar-refractivity contribution < 1.29 is 23.6 Å². The molecule has 1 heterocycles. The summed E-state index contributed by atoms with van der Waals surface area (Å²) in [7, 11) is 1.39.